The minimum Gasteiger partial charge on any atom is -0.464 e. The van der Waals surface area contributed by atoms with E-state index in [1.807, 2.05) is 28.9 Å². The Kier molecular flexibility index (Phi) is 4.68. The normalized spacial score (nSPS) is 14.6. The van der Waals surface area contributed by atoms with Gasteiger partial charge in [-0.3, -0.25) is 9.58 Å². The highest BCUT2D eigenvalue weighted by Gasteiger charge is 2.28. The number of rotatable bonds is 4. The van der Waals surface area contributed by atoms with Crippen LogP contribution >= 0.6 is 11.6 Å². The number of aromatic nitrogens is 2. The highest BCUT2D eigenvalue weighted by atomic mass is 35.5. The summed E-state index contributed by atoms with van der Waals surface area (Å²) < 4.78 is 6.83. The number of methoxy groups -OCH3 is 1. The summed E-state index contributed by atoms with van der Waals surface area (Å²) in [6.45, 7) is 5.44. The second kappa shape index (κ2) is 6.72. The van der Waals surface area contributed by atoms with Crippen LogP contribution in [0, 0.1) is 0 Å². The van der Waals surface area contributed by atoms with Crippen molar-refractivity contribution in [3.05, 3.63) is 51.8 Å². The summed E-state index contributed by atoms with van der Waals surface area (Å²) in [5.41, 5.74) is 3.67. The van der Waals surface area contributed by atoms with E-state index in [9.17, 15) is 4.79 Å². The van der Waals surface area contributed by atoms with Crippen LogP contribution in [0.5, 0.6) is 0 Å². The van der Waals surface area contributed by atoms with Crippen molar-refractivity contribution >= 4 is 17.6 Å². The average molecular weight is 334 g/mol. The Balaban J connectivity index is 1.96. The molecule has 6 heteroatoms. The molecular formula is C17H20ClN3O2. The molecule has 23 heavy (non-hydrogen) atoms. The molecule has 1 aliphatic heterocycles. The number of benzene rings is 1. The maximum Gasteiger partial charge on any atom is 0.358 e. The van der Waals surface area contributed by atoms with Gasteiger partial charge in [-0.05, 0) is 24.2 Å². The van der Waals surface area contributed by atoms with Crippen molar-refractivity contribution in [1.29, 1.82) is 0 Å². The zero-order valence-corrected chi connectivity index (χ0v) is 14.1. The summed E-state index contributed by atoms with van der Waals surface area (Å²) in [7, 11) is 1.40. The van der Waals surface area contributed by atoms with Gasteiger partial charge in [-0.2, -0.15) is 5.10 Å². The number of esters is 1. The fourth-order valence-corrected chi connectivity index (χ4v) is 3.10. The first kappa shape index (κ1) is 16.0. The van der Waals surface area contributed by atoms with Crippen LogP contribution in [0.4, 0.5) is 0 Å². The van der Waals surface area contributed by atoms with Crippen LogP contribution in [0.1, 0.15) is 34.2 Å². The second-order valence-corrected chi connectivity index (χ2v) is 6.10. The number of carbonyl (C=O) groups is 1. The van der Waals surface area contributed by atoms with Gasteiger partial charge in [-0.15, -0.1) is 0 Å². The number of halogens is 1. The van der Waals surface area contributed by atoms with E-state index in [1.165, 1.54) is 7.11 Å². The Labute approximate surface area is 140 Å². The highest BCUT2D eigenvalue weighted by molar-refractivity contribution is 6.30. The van der Waals surface area contributed by atoms with E-state index in [0.29, 0.717) is 17.3 Å². The SMILES string of the molecule is CCN1CCc2c(c(C(=O)OC)nn2Cc2ccc(Cl)cc2)C1. The molecule has 0 unspecified atom stereocenters. The second-order valence-electron chi connectivity index (χ2n) is 5.67. The fraction of sp³-hybridized carbons (Fsp3) is 0.412. The molecule has 0 aliphatic carbocycles. The fourth-order valence-electron chi connectivity index (χ4n) is 2.97. The standard InChI is InChI=1S/C17H20ClN3O2/c1-3-20-9-8-15-14(11-20)16(17(22)23-2)19-21(15)10-12-4-6-13(18)7-5-12/h4-7H,3,8-11H2,1-2H3. The number of nitrogens with zero attached hydrogens (tertiary/aromatic N) is 3. The molecule has 1 aliphatic rings. The smallest absolute Gasteiger partial charge is 0.358 e. The van der Waals surface area contributed by atoms with Gasteiger partial charge < -0.3 is 4.74 Å². The summed E-state index contributed by atoms with van der Waals surface area (Å²) in [4.78, 5) is 14.4. The number of hydrogen-bond donors (Lipinski definition) is 0. The molecule has 2 aromatic rings. The number of fused-ring (bicyclic) bond motifs is 1. The highest BCUT2D eigenvalue weighted by Crippen LogP contribution is 2.24. The third-order valence-electron chi connectivity index (χ3n) is 4.28. The predicted octanol–water partition coefficient (Wildman–Crippen LogP) is 2.75. The monoisotopic (exact) mass is 333 g/mol. The molecule has 1 aromatic carbocycles. The van der Waals surface area contributed by atoms with Crippen LogP contribution in [0.2, 0.25) is 5.02 Å². The van der Waals surface area contributed by atoms with Crippen molar-refractivity contribution in [1.82, 2.24) is 14.7 Å². The van der Waals surface area contributed by atoms with Gasteiger partial charge >= 0.3 is 5.97 Å². The van der Waals surface area contributed by atoms with Crippen molar-refractivity contribution in [2.24, 2.45) is 0 Å². The summed E-state index contributed by atoms with van der Waals surface area (Å²) >= 11 is 5.94. The lowest BCUT2D eigenvalue weighted by atomic mass is 10.0. The first-order valence-corrected chi connectivity index (χ1v) is 8.13. The topological polar surface area (TPSA) is 47.4 Å². The maximum absolute atomic E-state index is 12.1. The van der Waals surface area contributed by atoms with Gasteiger partial charge in [-0.1, -0.05) is 30.7 Å². The molecule has 0 fully saturated rings. The minimum atomic E-state index is -0.367. The van der Waals surface area contributed by atoms with Crippen LogP contribution in [0.15, 0.2) is 24.3 Å². The van der Waals surface area contributed by atoms with E-state index in [2.05, 4.69) is 16.9 Å². The Morgan fingerprint density at radius 2 is 2.09 bits per heavy atom. The van der Waals surface area contributed by atoms with E-state index < -0.39 is 0 Å². The van der Waals surface area contributed by atoms with Crippen molar-refractivity contribution in [3.8, 4) is 0 Å². The van der Waals surface area contributed by atoms with Crippen molar-refractivity contribution in [2.75, 3.05) is 20.2 Å². The molecule has 0 N–H and O–H groups in total. The number of ether oxygens (including phenoxy) is 1. The molecule has 2 heterocycles. The van der Waals surface area contributed by atoms with E-state index >= 15 is 0 Å². The Morgan fingerprint density at radius 1 is 1.35 bits per heavy atom. The molecule has 1 aromatic heterocycles. The molecule has 0 saturated heterocycles. The molecule has 0 atom stereocenters. The van der Waals surface area contributed by atoms with Gasteiger partial charge in [-0.25, -0.2) is 4.79 Å². The van der Waals surface area contributed by atoms with Crippen molar-refractivity contribution < 1.29 is 9.53 Å². The number of hydrogen-bond acceptors (Lipinski definition) is 4. The lowest BCUT2D eigenvalue weighted by Gasteiger charge is -2.26. The van der Waals surface area contributed by atoms with Gasteiger partial charge in [0.15, 0.2) is 5.69 Å². The summed E-state index contributed by atoms with van der Waals surface area (Å²) in [6.07, 6.45) is 0.890. The molecule has 0 amide bonds. The Morgan fingerprint density at radius 3 is 2.74 bits per heavy atom. The van der Waals surface area contributed by atoms with Gasteiger partial charge in [0, 0.05) is 35.8 Å². The van der Waals surface area contributed by atoms with Crippen LogP contribution in [0.3, 0.4) is 0 Å². The third-order valence-corrected chi connectivity index (χ3v) is 4.54. The molecule has 0 spiro atoms. The van der Waals surface area contributed by atoms with Crippen LogP contribution in [-0.2, 0) is 24.2 Å². The number of carbonyl (C=O) groups excluding carboxylic acids is 1. The molecule has 0 saturated carbocycles. The van der Waals surface area contributed by atoms with Gasteiger partial charge in [0.05, 0.1) is 13.7 Å². The average Bonchev–Trinajstić information content (AvgIpc) is 2.94. The van der Waals surface area contributed by atoms with Gasteiger partial charge in [0.25, 0.3) is 0 Å². The molecular weight excluding hydrogens is 314 g/mol. The van der Waals surface area contributed by atoms with E-state index in [4.69, 9.17) is 16.3 Å². The minimum absolute atomic E-state index is 0.367. The van der Waals surface area contributed by atoms with E-state index in [-0.39, 0.29) is 5.97 Å². The summed E-state index contributed by atoms with van der Waals surface area (Å²) in [5.74, 6) is -0.367. The zero-order valence-electron chi connectivity index (χ0n) is 13.4. The molecule has 122 valence electrons. The molecule has 0 bridgehead atoms. The van der Waals surface area contributed by atoms with Gasteiger partial charge in [0.2, 0.25) is 0 Å². The first-order chi connectivity index (χ1) is 11.1. The Bertz CT molecular complexity index is 709. The van der Waals surface area contributed by atoms with Crippen molar-refractivity contribution in [3.63, 3.8) is 0 Å². The zero-order chi connectivity index (χ0) is 16.4. The Hall–Kier alpha value is -1.85. The van der Waals surface area contributed by atoms with Crippen LogP contribution in [0.25, 0.3) is 0 Å². The molecule has 3 rings (SSSR count). The third kappa shape index (κ3) is 3.26. The van der Waals surface area contributed by atoms with Gasteiger partial charge in [0.1, 0.15) is 0 Å². The molecule has 0 radical (unpaired) electrons. The van der Waals surface area contributed by atoms with Crippen LogP contribution < -0.4 is 0 Å². The van der Waals surface area contributed by atoms with E-state index in [1.54, 1.807) is 0 Å². The lowest BCUT2D eigenvalue weighted by molar-refractivity contribution is 0.0590. The summed E-state index contributed by atoms with van der Waals surface area (Å²) in [6, 6.07) is 7.70. The number of likely N-dealkylation sites (N-methyl/N-ethyl adjacent to an activating group) is 1. The van der Waals surface area contributed by atoms with E-state index in [0.717, 1.165) is 42.9 Å². The quantitative estimate of drug-likeness (QED) is 0.807. The largest absolute Gasteiger partial charge is 0.464 e. The van der Waals surface area contributed by atoms with Crippen LogP contribution in [-0.4, -0.2) is 40.8 Å². The lowest BCUT2D eigenvalue weighted by Crippen LogP contribution is -2.31. The van der Waals surface area contributed by atoms with Crippen molar-refractivity contribution in [2.45, 2.75) is 26.4 Å². The maximum atomic E-state index is 12.1. The first-order valence-electron chi connectivity index (χ1n) is 7.76. The predicted molar refractivity (Wildman–Crippen MR) is 88.8 cm³/mol. The molecule has 5 nitrogen and oxygen atoms in total. The summed E-state index contributed by atoms with van der Waals surface area (Å²) in [5, 5.41) is 5.24.